The molecule has 4 nitrogen and oxygen atoms in total. The van der Waals surface area contributed by atoms with Gasteiger partial charge in [-0.25, -0.2) is 4.79 Å². The molecule has 0 aromatic rings. The third kappa shape index (κ3) is 13.1. The molecule has 1 atom stereocenters. The molecule has 0 amide bonds. The monoisotopic (exact) mass is 305 g/mol. The summed E-state index contributed by atoms with van der Waals surface area (Å²) in [5, 5.41) is 20.5. The molecular formula is C16H28NNaO3. The molecule has 0 bridgehead atoms. The van der Waals surface area contributed by atoms with Crippen molar-refractivity contribution in [2.24, 2.45) is 10.9 Å². The maximum absolute atomic E-state index is 11.6. The van der Waals surface area contributed by atoms with Gasteiger partial charge in [0.1, 0.15) is 6.04 Å². The first-order valence-corrected chi connectivity index (χ1v) is 7.56. The van der Waals surface area contributed by atoms with Crippen LogP contribution < -0.4 is 34.7 Å². The van der Waals surface area contributed by atoms with Gasteiger partial charge in [0.05, 0.1) is 0 Å². The van der Waals surface area contributed by atoms with Crippen molar-refractivity contribution in [3.63, 3.8) is 0 Å². The zero-order chi connectivity index (χ0) is 15.4. The number of aliphatic imine (C=N–C) groups is 1. The number of rotatable bonds is 12. The van der Waals surface area contributed by atoms with Gasteiger partial charge in [-0.2, -0.15) is 0 Å². The molecule has 0 fully saturated rings. The van der Waals surface area contributed by atoms with Crippen LogP contribution >= 0.6 is 0 Å². The molecule has 1 N–H and O–H groups in total. The first-order chi connectivity index (χ1) is 9.49. The Labute approximate surface area is 151 Å². The van der Waals surface area contributed by atoms with Gasteiger partial charge in [-0.05, 0) is 37.5 Å². The Morgan fingerprint density at radius 3 is 2.19 bits per heavy atom. The third-order valence-electron chi connectivity index (χ3n) is 3.22. The summed E-state index contributed by atoms with van der Waals surface area (Å²) in [7, 11) is 0. The molecule has 5 heteroatoms. The van der Waals surface area contributed by atoms with E-state index in [1.54, 1.807) is 13.8 Å². The Balaban J connectivity index is 0. The molecule has 0 aromatic carbocycles. The summed E-state index contributed by atoms with van der Waals surface area (Å²) in [6.45, 7) is 7.21. The molecule has 0 rings (SSSR count). The van der Waals surface area contributed by atoms with Gasteiger partial charge in [-0.3, -0.25) is 4.99 Å². The normalized spacial score (nSPS) is 12.8. The van der Waals surface area contributed by atoms with E-state index in [2.05, 4.69) is 11.6 Å². The Kier molecular flexibility index (Phi) is 16.0. The number of hydrogen-bond donors (Lipinski definition) is 1. The van der Waals surface area contributed by atoms with Crippen LogP contribution in [0.4, 0.5) is 0 Å². The minimum absolute atomic E-state index is 0. The molecule has 0 unspecified atom stereocenters. The molecule has 0 aliphatic heterocycles. The molecule has 0 radical (unpaired) electrons. The van der Waals surface area contributed by atoms with E-state index in [0.717, 1.165) is 25.7 Å². The van der Waals surface area contributed by atoms with Crippen LogP contribution in [0, 0.1) is 5.92 Å². The van der Waals surface area contributed by atoms with E-state index in [1.165, 1.54) is 19.3 Å². The van der Waals surface area contributed by atoms with Crippen LogP contribution in [-0.2, 0) is 4.79 Å². The van der Waals surface area contributed by atoms with Gasteiger partial charge in [0.15, 0.2) is 0 Å². The van der Waals surface area contributed by atoms with Gasteiger partial charge in [0.2, 0.25) is 0 Å². The van der Waals surface area contributed by atoms with E-state index in [-0.39, 0.29) is 41.4 Å². The fourth-order valence-electron chi connectivity index (χ4n) is 1.98. The number of carbonyl (C=O) groups is 1. The first-order valence-electron chi connectivity index (χ1n) is 7.56. The van der Waals surface area contributed by atoms with E-state index in [9.17, 15) is 9.90 Å². The minimum atomic E-state index is -1.02. The molecule has 0 saturated carbocycles. The largest absolute Gasteiger partial charge is 1.00 e. The number of carboxylic acid groups (broad SMARTS) is 1. The summed E-state index contributed by atoms with van der Waals surface area (Å²) < 4.78 is 0. The van der Waals surface area contributed by atoms with Crippen molar-refractivity contribution in [3.05, 3.63) is 12.7 Å². The van der Waals surface area contributed by atoms with E-state index >= 15 is 0 Å². The number of carboxylic acids is 1. The Morgan fingerprint density at radius 2 is 1.71 bits per heavy atom. The van der Waals surface area contributed by atoms with Crippen molar-refractivity contribution < 1.29 is 44.6 Å². The van der Waals surface area contributed by atoms with Crippen LogP contribution in [0.15, 0.2) is 17.6 Å². The summed E-state index contributed by atoms with van der Waals surface area (Å²) in [4.78, 5) is 14.7. The summed E-state index contributed by atoms with van der Waals surface area (Å²) in [5.74, 6) is -1.45. The molecule has 0 spiro atoms. The number of nitrogens with zero attached hydrogens (tertiary/aromatic N) is 1. The quantitative estimate of drug-likeness (QED) is 0.184. The number of unbranched alkanes of at least 4 members (excludes halogenated alkanes) is 6. The molecule has 0 aliphatic rings. The summed E-state index contributed by atoms with van der Waals surface area (Å²) in [6, 6.07) is -0.901. The minimum Gasteiger partial charge on any atom is -0.862 e. The average Bonchev–Trinajstić information content (AvgIpc) is 2.38. The van der Waals surface area contributed by atoms with Crippen molar-refractivity contribution >= 4 is 11.9 Å². The second-order valence-electron chi connectivity index (χ2n) is 5.50. The van der Waals surface area contributed by atoms with E-state index in [0.29, 0.717) is 6.42 Å². The smallest absolute Gasteiger partial charge is 0.862 e. The van der Waals surface area contributed by atoms with Crippen molar-refractivity contribution in [1.29, 1.82) is 0 Å². The van der Waals surface area contributed by atoms with Gasteiger partial charge < -0.3 is 10.2 Å². The average molecular weight is 305 g/mol. The Hall–Kier alpha value is -0.320. The zero-order valence-electron chi connectivity index (χ0n) is 13.8. The predicted molar refractivity (Wildman–Crippen MR) is 80.8 cm³/mol. The van der Waals surface area contributed by atoms with Crippen molar-refractivity contribution in [1.82, 2.24) is 0 Å². The van der Waals surface area contributed by atoms with Crippen LogP contribution in [0.2, 0.25) is 0 Å². The predicted octanol–water partition coefficient (Wildman–Crippen LogP) is 0.165. The standard InChI is InChI=1S/C16H29NO3.Na/c1-4-5-6-7-8-9-10-11-12-14(18)17-15(13(2)3)16(19)20;/h4,13,15H,1,5-12H2,2-3H3,(H,17,18)(H,19,20);/q;+1/p-1/t15-;/m0./s1. The van der Waals surface area contributed by atoms with Crippen LogP contribution in [0.5, 0.6) is 0 Å². The number of allylic oxidation sites excluding steroid dienone is 1. The topological polar surface area (TPSA) is 72.7 Å². The third-order valence-corrected chi connectivity index (χ3v) is 3.22. The van der Waals surface area contributed by atoms with Crippen LogP contribution in [0.3, 0.4) is 0 Å². The zero-order valence-corrected chi connectivity index (χ0v) is 15.8. The van der Waals surface area contributed by atoms with Crippen LogP contribution in [0.25, 0.3) is 0 Å². The Bertz CT molecular complexity index is 317. The molecule has 0 aromatic heterocycles. The fourth-order valence-corrected chi connectivity index (χ4v) is 1.98. The SMILES string of the molecule is C=CCCCCCCCCC([O-])=N[C@H](C(=O)O)C(C)C.[Na+]. The van der Waals surface area contributed by atoms with Crippen molar-refractivity contribution in [2.45, 2.75) is 71.3 Å². The maximum atomic E-state index is 11.6. The van der Waals surface area contributed by atoms with E-state index in [4.69, 9.17) is 5.11 Å². The molecular weight excluding hydrogens is 277 g/mol. The molecule has 0 aliphatic carbocycles. The van der Waals surface area contributed by atoms with Gasteiger partial charge in [-0.1, -0.05) is 45.6 Å². The van der Waals surface area contributed by atoms with Gasteiger partial charge in [0.25, 0.3) is 0 Å². The van der Waals surface area contributed by atoms with Crippen LogP contribution in [0.1, 0.15) is 65.2 Å². The maximum Gasteiger partial charge on any atom is 1.00 e. The Morgan fingerprint density at radius 1 is 1.19 bits per heavy atom. The summed E-state index contributed by atoms with van der Waals surface area (Å²) >= 11 is 0. The number of aliphatic carboxylic acids is 1. The second-order valence-corrected chi connectivity index (χ2v) is 5.50. The molecule has 0 saturated heterocycles. The van der Waals surface area contributed by atoms with Gasteiger partial charge in [-0.15, -0.1) is 6.58 Å². The van der Waals surface area contributed by atoms with Crippen LogP contribution in [-0.4, -0.2) is 23.0 Å². The van der Waals surface area contributed by atoms with E-state index in [1.807, 2.05) is 6.08 Å². The summed E-state index contributed by atoms with van der Waals surface area (Å²) in [6.07, 6.45) is 9.88. The fraction of sp³-hybridized carbons (Fsp3) is 0.750. The molecule has 116 valence electrons. The molecule has 21 heavy (non-hydrogen) atoms. The van der Waals surface area contributed by atoms with E-state index < -0.39 is 12.0 Å². The van der Waals surface area contributed by atoms with Gasteiger partial charge >= 0.3 is 35.5 Å². The second kappa shape index (κ2) is 14.6. The number of hydrogen-bond acceptors (Lipinski definition) is 3. The van der Waals surface area contributed by atoms with Crippen molar-refractivity contribution in [2.75, 3.05) is 0 Å². The summed E-state index contributed by atoms with van der Waals surface area (Å²) in [5.41, 5.74) is 0. The van der Waals surface area contributed by atoms with Gasteiger partial charge in [0, 0.05) is 0 Å². The first kappa shape index (κ1) is 23.0. The van der Waals surface area contributed by atoms with Crippen molar-refractivity contribution in [3.8, 4) is 0 Å². The molecule has 0 heterocycles.